The Morgan fingerprint density at radius 3 is 2.67 bits per heavy atom. The van der Waals surface area contributed by atoms with Crippen LogP contribution in [-0.4, -0.2) is 4.98 Å². The molecule has 3 heteroatoms. The van der Waals surface area contributed by atoms with Gasteiger partial charge in [0.2, 0.25) is 0 Å². The number of rotatable bonds is 0. The van der Waals surface area contributed by atoms with E-state index in [2.05, 4.69) is 59.6 Å². The van der Waals surface area contributed by atoms with Crippen molar-refractivity contribution in [3.63, 3.8) is 0 Å². The van der Waals surface area contributed by atoms with E-state index in [1.54, 1.807) is 0 Å². The molecule has 0 spiro atoms. The van der Waals surface area contributed by atoms with Crippen molar-refractivity contribution >= 4 is 54.0 Å². The summed E-state index contributed by atoms with van der Waals surface area (Å²) in [5, 5.41) is 5.35. The Labute approximate surface area is 147 Å². The minimum atomic E-state index is 1.26. The SMILES string of the molecule is c1ccc2c(c1)Sc1cccc3c1c-2cc1c2cnccc2sc31. The molecule has 2 aromatic heterocycles. The number of pyridine rings is 1. The lowest BCUT2D eigenvalue weighted by Crippen LogP contribution is -1.92. The van der Waals surface area contributed by atoms with Crippen molar-refractivity contribution in [2.24, 2.45) is 0 Å². The second-order valence-electron chi connectivity index (χ2n) is 6.05. The first-order valence-corrected chi connectivity index (χ1v) is 9.53. The molecule has 1 aliphatic heterocycles. The maximum atomic E-state index is 4.35. The zero-order valence-electron chi connectivity index (χ0n) is 12.6. The highest BCUT2D eigenvalue weighted by atomic mass is 32.2. The zero-order valence-corrected chi connectivity index (χ0v) is 14.2. The monoisotopic (exact) mass is 341 g/mol. The van der Waals surface area contributed by atoms with Crippen LogP contribution in [0.2, 0.25) is 0 Å². The standard InChI is InChI=1S/C21H11NS2/c1-2-6-17-12(4-1)14-10-15-16-11-22-9-8-18(16)24-21(15)13-5-3-7-19(23-17)20(13)14/h1-11H. The fourth-order valence-electron chi connectivity index (χ4n) is 3.71. The van der Waals surface area contributed by atoms with E-state index in [0.717, 1.165) is 0 Å². The Morgan fingerprint density at radius 2 is 1.67 bits per heavy atom. The van der Waals surface area contributed by atoms with Crippen LogP contribution >= 0.6 is 23.1 Å². The van der Waals surface area contributed by atoms with Crippen LogP contribution in [0, 0.1) is 0 Å². The van der Waals surface area contributed by atoms with Gasteiger partial charge >= 0.3 is 0 Å². The smallest absolute Gasteiger partial charge is 0.0435 e. The first kappa shape index (κ1) is 13.0. The molecular weight excluding hydrogens is 330 g/mol. The molecule has 0 radical (unpaired) electrons. The number of thiophene rings is 1. The van der Waals surface area contributed by atoms with Crippen molar-refractivity contribution in [2.75, 3.05) is 0 Å². The van der Waals surface area contributed by atoms with E-state index in [-0.39, 0.29) is 0 Å². The fraction of sp³-hybridized carbons (Fsp3) is 0. The number of hydrogen-bond donors (Lipinski definition) is 0. The Balaban J connectivity index is 1.91. The number of nitrogens with zero attached hydrogens (tertiary/aromatic N) is 1. The lowest BCUT2D eigenvalue weighted by molar-refractivity contribution is 1.37. The Morgan fingerprint density at radius 1 is 0.750 bits per heavy atom. The average molecular weight is 341 g/mol. The number of fused-ring (bicyclic) bond motifs is 6. The molecule has 3 aromatic carbocycles. The highest BCUT2D eigenvalue weighted by Gasteiger charge is 2.21. The summed E-state index contributed by atoms with van der Waals surface area (Å²) in [6, 6.07) is 19.9. The normalized spacial score (nSPS) is 12.8. The van der Waals surface area contributed by atoms with Gasteiger partial charge in [0, 0.05) is 53.1 Å². The van der Waals surface area contributed by atoms with E-state index in [1.807, 2.05) is 35.5 Å². The summed E-state index contributed by atoms with van der Waals surface area (Å²) in [7, 11) is 0. The first-order chi connectivity index (χ1) is 11.9. The molecule has 112 valence electrons. The van der Waals surface area contributed by atoms with Crippen molar-refractivity contribution in [3.8, 4) is 11.1 Å². The largest absolute Gasteiger partial charge is 0.264 e. The Bertz CT molecular complexity index is 1280. The van der Waals surface area contributed by atoms with Gasteiger partial charge in [0.05, 0.1) is 0 Å². The van der Waals surface area contributed by atoms with Crippen LogP contribution in [0.1, 0.15) is 0 Å². The van der Waals surface area contributed by atoms with Crippen LogP contribution in [0.15, 0.2) is 76.8 Å². The zero-order chi connectivity index (χ0) is 15.7. The van der Waals surface area contributed by atoms with Gasteiger partial charge in [-0.05, 0) is 35.4 Å². The van der Waals surface area contributed by atoms with Gasteiger partial charge in [-0.2, -0.15) is 0 Å². The molecule has 24 heavy (non-hydrogen) atoms. The fourth-order valence-corrected chi connectivity index (χ4v) is 6.03. The summed E-state index contributed by atoms with van der Waals surface area (Å²) < 4.78 is 2.68. The van der Waals surface area contributed by atoms with E-state index in [1.165, 1.54) is 51.9 Å². The van der Waals surface area contributed by atoms with Crippen molar-refractivity contribution in [1.29, 1.82) is 0 Å². The van der Waals surface area contributed by atoms with Gasteiger partial charge in [0.15, 0.2) is 0 Å². The molecule has 0 saturated carbocycles. The predicted molar refractivity (Wildman–Crippen MR) is 104 cm³/mol. The van der Waals surface area contributed by atoms with Crippen molar-refractivity contribution < 1.29 is 0 Å². The van der Waals surface area contributed by atoms with Crippen molar-refractivity contribution in [2.45, 2.75) is 9.79 Å². The minimum absolute atomic E-state index is 1.26. The van der Waals surface area contributed by atoms with E-state index < -0.39 is 0 Å². The summed E-state index contributed by atoms with van der Waals surface area (Å²) >= 11 is 3.76. The van der Waals surface area contributed by atoms with Crippen LogP contribution in [0.3, 0.4) is 0 Å². The Kier molecular flexibility index (Phi) is 2.49. The van der Waals surface area contributed by atoms with E-state index >= 15 is 0 Å². The first-order valence-electron chi connectivity index (χ1n) is 7.89. The van der Waals surface area contributed by atoms with Gasteiger partial charge < -0.3 is 0 Å². The molecule has 3 heterocycles. The highest BCUT2D eigenvalue weighted by Crippen LogP contribution is 2.51. The molecule has 6 rings (SSSR count). The Hall–Kier alpha value is -2.36. The molecule has 1 aliphatic rings. The minimum Gasteiger partial charge on any atom is -0.264 e. The molecule has 0 aliphatic carbocycles. The molecule has 0 atom stereocenters. The summed E-state index contributed by atoms with van der Waals surface area (Å²) in [5.41, 5.74) is 2.70. The molecular formula is C21H11NS2. The summed E-state index contributed by atoms with van der Waals surface area (Å²) in [6.07, 6.45) is 3.88. The second kappa shape index (κ2) is 4.59. The second-order valence-corrected chi connectivity index (χ2v) is 8.19. The van der Waals surface area contributed by atoms with Crippen molar-refractivity contribution in [3.05, 3.63) is 67.0 Å². The molecule has 0 bridgehead atoms. The molecule has 0 saturated heterocycles. The number of hydrogen-bond acceptors (Lipinski definition) is 3. The molecule has 0 unspecified atom stereocenters. The van der Waals surface area contributed by atoms with Gasteiger partial charge in [-0.3, -0.25) is 4.98 Å². The van der Waals surface area contributed by atoms with Crippen LogP contribution in [0.4, 0.5) is 0 Å². The van der Waals surface area contributed by atoms with Gasteiger partial charge in [0.1, 0.15) is 0 Å². The van der Waals surface area contributed by atoms with E-state index in [0.29, 0.717) is 0 Å². The van der Waals surface area contributed by atoms with Crippen LogP contribution in [0.5, 0.6) is 0 Å². The molecule has 1 nitrogen and oxygen atoms in total. The molecule has 0 N–H and O–H groups in total. The van der Waals surface area contributed by atoms with E-state index in [9.17, 15) is 0 Å². The summed E-state index contributed by atoms with van der Waals surface area (Å²) in [6.45, 7) is 0. The van der Waals surface area contributed by atoms with Crippen LogP contribution in [0.25, 0.3) is 42.1 Å². The maximum absolute atomic E-state index is 4.35. The third-order valence-electron chi connectivity index (χ3n) is 4.75. The van der Waals surface area contributed by atoms with Crippen LogP contribution < -0.4 is 0 Å². The topological polar surface area (TPSA) is 12.9 Å². The molecule has 0 fully saturated rings. The van der Waals surface area contributed by atoms with Gasteiger partial charge in [-0.25, -0.2) is 0 Å². The lowest BCUT2D eigenvalue weighted by Gasteiger charge is -2.20. The quantitative estimate of drug-likeness (QED) is 0.304. The third kappa shape index (κ3) is 1.58. The highest BCUT2D eigenvalue weighted by molar-refractivity contribution is 7.99. The van der Waals surface area contributed by atoms with Gasteiger partial charge in [-0.1, -0.05) is 42.1 Å². The van der Waals surface area contributed by atoms with Crippen LogP contribution in [-0.2, 0) is 0 Å². The molecule has 5 aromatic rings. The van der Waals surface area contributed by atoms with E-state index in [4.69, 9.17) is 0 Å². The summed E-state index contributed by atoms with van der Waals surface area (Å²) in [5.74, 6) is 0. The number of aromatic nitrogens is 1. The molecule has 0 amide bonds. The maximum Gasteiger partial charge on any atom is 0.0435 e. The van der Waals surface area contributed by atoms with Gasteiger partial charge in [0.25, 0.3) is 0 Å². The van der Waals surface area contributed by atoms with Gasteiger partial charge in [-0.15, -0.1) is 11.3 Å². The number of benzene rings is 3. The lowest BCUT2D eigenvalue weighted by atomic mass is 9.95. The summed E-state index contributed by atoms with van der Waals surface area (Å²) in [4.78, 5) is 7.05. The third-order valence-corrected chi connectivity index (χ3v) is 7.11. The predicted octanol–water partition coefficient (Wildman–Crippen LogP) is 6.73. The van der Waals surface area contributed by atoms with Crippen molar-refractivity contribution in [1.82, 2.24) is 4.98 Å². The average Bonchev–Trinajstić information content (AvgIpc) is 3.01.